The van der Waals surface area contributed by atoms with E-state index < -0.39 is 6.09 Å². The monoisotopic (exact) mass is 351 g/mol. The molecule has 0 spiro atoms. The number of aromatic nitrogens is 2. The summed E-state index contributed by atoms with van der Waals surface area (Å²) in [5, 5.41) is 11.1. The maximum Gasteiger partial charge on any atom is 0.404 e. The number of carbonyl (C=O) groups is 1. The molecular formula is C15H18BrN3O2. The quantitative estimate of drug-likeness (QED) is 0.886. The molecule has 2 aromatic heterocycles. The molecule has 0 atom stereocenters. The van der Waals surface area contributed by atoms with Gasteiger partial charge < -0.3 is 14.8 Å². The topological polar surface area (TPSA) is 66.6 Å². The van der Waals surface area contributed by atoms with E-state index in [-0.39, 0.29) is 0 Å². The third kappa shape index (κ3) is 3.37. The van der Waals surface area contributed by atoms with Gasteiger partial charge in [0, 0.05) is 29.3 Å². The summed E-state index contributed by atoms with van der Waals surface area (Å²) in [6.07, 6.45) is 7.47. The lowest BCUT2D eigenvalue weighted by molar-refractivity contribution is 0.189. The summed E-state index contributed by atoms with van der Waals surface area (Å²) >= 11 is 3.47. The highest BCUT2D eigenvalue weighted by Crippen LogP contribution is 2.35. The molecule has 0 unspecified atom stereocenters. The Morgan fingerprint density at radius 2 is 2.19 bits per heavy atom. The van der Waals surface area contributed by atoms with Crippen molar-refractivity contribution in [2.24, 2.45) is 5.92 Å². The van der Waals surface area contributed by atoms with Gasteiger partial charge in [0.05, 0.1) is 5.69 Å². The Morgan fingerprint density at radius 1 is 1.43 bits per heavy atom. The molecule has 3 rings (SSSR count). The van der Waals surface area contributed by atoms with Crippen LogP contribution in [0.1, 0.15) is 37.3 Å². The van der Waals surface area contributed by atoms with Gasteiger partial charge in [0.15, 0.2) is 0 Å². The SMILES string of the molecule is O=C(O)NCC1CCC(c2cn3ccc(Br)cc3n2)CC1. The molecule has 5 nitrogen and oxygen atoms in total. The van der Waals surface area contributed by atoms with E-state index in [9.17, 15) is 4.79 Å². The third-order valence-corrected chi connectivity index (χ3v) is 4.74. The average molecular weight is 352 g/mol. The Morgan fingerprint density at radius 3 is 2.90 bits per heavy atom. The lowest BCUT2D eigenvalue weighted by Gasteiger charge is -2.27. The fourth-order valence-electron chi connectivity index (χ4n) is 3.07. The smallest absolute Gasteiger partial charge is 0.404 e. The molecule has 21 heavy (non-hydrogen) atoms. The molecule has 0 radical (unpaired) electrons. The van der Waals surface area contributed by atoms with Crippen LogP contribution in [0.2, 0.25) is 0 Å². The van der Waals surface area contributed by atoms with Crippen molar-refractivity contribution in [3.8, 4) is 0 Å². The highest BCUT2D eigenvalue weighted by atomic mass is 79.9. The number of amides is 1. The molecule has 2 heterocycles. The first-order valence-corrected chi connectivity index (χ1v) is 8.02. The van der Waals surface area contributed by atoms with E-state index >= 15 is 0 Å². The number of nitrogens with zero attached hydrogens (tertiary/aromatic N) is 2. The summed E-state index contributed by atoms with van der Waals surface area (Å²) in [6, 6.07) is 4.03. The maximum absolute atomic E-state index is 10.5. The Labute approximate surface area is 131 Å². The first kappa shape index (κ1) is 14.4. The van der Waals surface area contributed by atoms with Crippen LogP contribution in [0, 0.1) is 5.92 Å². The second kappa shape index (κ2) is 6.05. The molecule has 0 aliphatic heterocycles. The zero-order valence-corrected chi connectivity index (χ0v) is 13.2. The van der Waals surface area contributed by atoms with Crippen LogP contribution in [-0.2, 0) is 0 Å². The van der Waals surface area contributed by atoms with E-state index in [4.69, 9.17) is 10.1 Å². The van der Waals surface area contributed by atoms with Crippen LogP contribution >= 0.6 is 15.9 Å². The van der Waals surface area contributed by atoms with Crippen LogP contribution in [0.3, 0.4) is 0 Å². The number of imidazole rings is 1. The first-order chi connectivity index (χ1) is 10.1. The summed E-state index contributed by atoms with van der Waals surface area (Å²) in [5.41, 5.74) is 2.12. The van der Waals surface area contributed by atoms with E-state index in [0.29, 0.717) is 18.4 Å². The van der Waals surface area contributed by atoms with Gasteiger partial charge in [0.25, 0.3) is 0 Å². The van der Waals surface area contributed by atoms with Gasteiger partial charge in [0.1, 0.15) is 5.65 Å². The fourth-order valence-corrected chi connectivity index (χ4v) is 3.39. The molecule has 6 heteroatoms. The number of pyridine rings is 1. The fraction of sp³-hybridized carbons (Fsp3) is 0.467. The van der Waals surface area contributed by atoms with Crippen molar-refractivity contribution in [1.82, 2.24) is 14.7 Å². The Balaban J connectivity index is 1.64. The summed E-state index contributed by atoms with van der Waals surface area (Å²) in [5.74, 6) is 0.952. The highest BCUT2D eigenvalue weighted by molar-refractivity contribution is 9.10. The molecule has 1 amide bonds. The number of nitrogens with one attached hydrogen (secondary N) is 1. The third-order valence-electron chi connectivity index (χ3n) is 4.25. The van der Waals surface area contributed by atoms with Crippen molar-refractivity contribution in [2.75, 3.05) is 6.54 Å². The van der Waals surface area contributed by atoms with E-state index in [0.717, 1.165) is 41.5 Å². The summed E-state index contributed by atoms with van der Waals surface area (Å²) in [4.78, 5) is 15.2. The van der Waals surface area contributed by atoms with Crippen molar-refractivity contribution in [3.05, 3.63) is 34.7 Å². The van der Waals surface area contributed by atoms with Gasteiger partial charge in [-0.3, -0.25) is 0 Å². The number of hydrogen-bond donors (Lipinski definition) is 2. The van der Waals surface area contributed by atoms with E-state index in [1.807, 2.05) is 18.3 Å². The van der Waals surface area contributed by atoms with Crippen LogP contribution in [-0.4, -0.2) is 27.1 Å². The molecule has 2 N–H and O–H groups in total. The van der Waals surface area contributed by atoms with Crippen molar-refractivity contribution in [2.45, 2.75) is 31.6 Å². The minimum absolute atomic E-state index is 0.462. The van der Waals surface area contributed by atoms with Crippen molar-refractivity contribution < 1.29 is 9.90 Å². The Hall–Kier alpha value is -1.56. The number of carboxylic acid groups (broad SMARTS) is 1. The van der Waals surface area contributed by atoms with Crippen LogP contribution in [0.25, 0.3) is 5.65 Å². The van der Waals surface area contributed by atoms with Crippen LogP contribution in [0.4, 0.5) is 4.79 Å². The normalized spacial score (nSPS) is 22.3. The molecule has 0 bridgehead atoms. The first-order valence-electron chi connectivity index (χ1n) is 7.23. The van der Waals surface area contributed by atoms with Gasteiger partial charge in [0.2, 0.25) is 0 Å². The second-order valence-electron chi connectivity index (χ2n) is 5.68. The zero-order valence-electron chi connectivity index (χ0n) is 11.6. The van der Waals surface area contributed by atoms with Gasteiger partial charge in [-0.15, -0.1) is 0 Å². The summed E-state index contributed by atoms with van der Waals surface area (Å²) < 4.78 is 3.09. The van der Waals surface area contributed by atoms with Crippen molar-refractivity contribution in [1.29, 1.82) is 0 Å². The average Bonchev–Trinajstić information content (AvgIpc) is 2.88. The number of hydrogen-bond acceptors (Lipinski definition) is 2. The van der Waals surface area contributed by atoms with Gasteiger partial charge in [-0.05, 0) is 43.7 Å². The maximum atomic E-state index is 10.5. The van der Waals surface area contributed by atoms with Gasteiger partial charge >= 0.3 is 6.09 Å². The summed E-state index contributed by atoms with van der Waals surface area (Å²) in [6.45, 7) is 0.570. The van der Waals surface area contributed by atoms with Crippen molar-refractivity contribution in [3.63, 3.8) is 0 Å². The number of fused-ring (bicyclic) bond motifs is 1. The molecule has 2 aromatic rings. The lowest BCUT2D eigenvalue weighted by atomic mass is 9.80. The number of halogens is 1. The van der Waals surface area contributed by atoms with E-state index in [2.05, 4.69) is 31.8 Å². The molecule has 1 aliphatic rings. The highest BCUT2D eigenvalue weighted by Gasteiger charge is 2.24. The van der Waals surface area contributed by atoms with Gasteiger partial charge in [-0.2, -0.15) is 0 Å². The summed E-state index contributed by atoms with van der Waals surface area (Å²) in [7, 11) is 0. The molecule has 1 saturated carbocycles. The zero-order chi connectivity index (χ0) is 14.8. The molecule has 0 saturated heterocycles. The Kier molecular flexibility index (Phi) is 4.14. The lowest BCUT2D eigenvalue weighted by Crippen LogP contribution is -2.29. The van der Waals surface area contributed by atoms with Crippen molar-refractivity contribution >= 4 is 27.7 Å². The standard InChI is InChI=1S/C15H18BrN3O2/c16-12-5-6-19-9-13(18-14(19)7-12)11-3-1-10(2-4-11)8-17-15(20)21/h5-7,9-11,17H,1-4,8H2,(H,20,21). The van der Waals surface area contributed by atoms with Crippen LogP contribution in [0.15, 0.2) is 29.0 Å². The van der Waals surface area contributed by atoms with Crippen LogP contribution in [0.5, 0.6) is 0 Å². The van der Waals surface area contributed by atoms with Gasteiger partial charge in [-0.1, -0.05) is 15.9 Å². The molecule has 112 valence electrons. The van der Waals surface area contributed by atoms with Gasteiger partial charge in [-0.25, -0.2) is 9.78 Å². The predicted molar refractivity (Wildman–Crippen MR) is 83.6 cm³/mol. The molecule has 1 fully saturated rings. The predicted octanol–water partition coefficient (Wildman–Crippen LogP) is 3.64. The largest absolute Gasteiger partial charge is 0.465 e. The minimum atomic E-state index is -0.928. The second-order valence-corrected chi connectivity index (χ2v) is 6.60. The number of rotatable bonds is 3. The van der Waals surface area contributed by atoms with E-state index in [1.54, 1.807) is 0 Å². The van der Waals surface area contributed by atoms with E-state index in [1.165, 1.54) is 0 Å². The van der Waals surface area contributed by atoms with Crippen LogP contribution < -0.4 is 5.32 Å². The molecule has 1 aliphatic carbocycles. The molecular weight excluding hydrogens is 334 g/mol. The minimum Gasteiger partial charge on any atom is -0.465 e. The Bertz CT molecular complexity index is 647. The molecule has 0 aromatic carbocycles.